The molecule has 0 N–H and O–H groups in total. The Morgan fingerprint density at radius 2 is 2.08 bits per heavy atom. The highest BCUT2D eigenvalue weighted by molar-refractivity contribution is 5.78. The van der Waals surface area contributed by atoms with E-state index in [1.165, 1.54) is 0 Å². The van der Waals surface area contributed by atoms with E-state index in [-0.39, 0.29) is 28.9 Å². The lowest BCUT2D eigenvalue weighted by Crippen LogP contribution is -2.27. The predicted octanol–water partition coefficient (Wildman–Crippen LogP) is 2.45. The van der Waals surface area contributed by atoms with E-state index < -0.39 is 0 Å². The van der Waals surface area contributed by atoms with Gasteiger partial charge in [-0.25, -0.2) is 9.78 Å². The van der Waals surface area contributed by atoms with Crippen LogP contribution in [0, 0.1) is 11.3 Å². The van der Waals surface area contributed by atoms with Gasteiger partial charge in [0.2, 0.25) is 0 Å². The third kappa shape index (κ3) is 2.97. The quantitative estimate of drug-likeness (QED) is 0.807. The van der Waals surface area contributed by atoms with Crippen molar-refractivity contribution in [3.8, 4) is 0 Å². The summed E-state index contributed by atoms with van der Waals surface area (Å²) in [6.07, 6.45) is 0.772. The molecule has 1 aliphatic carbocycles. The largest absolute Gasteiger partial charge is 0.466 e. The molecule has 0 spiro atoms. The molecule has 1 fully saturated rings. The number of aromatic nitrogens is 3. The summed E-state index contributed by atoms with van der Waals surface area (Å²) in [6.45, 7) is 9.17. The number of hydrogen-bond acceptors (Lipinski definition) is 4. The van der Waals surface area contributed by atoms with Crippen LogP contribution in [0.4, 0.5) is 0 Å². The molecule has 3 rings (SSSR count). The SMILES string of the molecule is CCOC(=O)[C@@H]1C[C@H]1c1ccc2c(n1)n(C)c(=O)n2CC(C)(C)C. The molecule has 0 radical (unpaired) electrons. The second kappa shape index (κ2) is 5.76. The number of carbonyl (C=O) groups excluding carboxylic acids is 1. The van der Waals surface area contributed by atoms with Crippen molar-refractivity contribution in [2.24, 2.45) is 18.4 Å². The number of rotatable bonds is 4. The predicted molar refractivity (Wildman–Crippen MR) is 91.9 cm³/mol. The first-order chi connectivity index (χ1) is 11.2. The molecule has 6 heteroatoms. The molecule has 2 aromatic rings. The number of aryl methyl sites for hydroxylation is 1. The zero-order chi connectivity index (χ0) is 17.6. The summed E-state index contributed by atoms with van der Waals surface area (Å²) < 4.78 is 8.45. The summed E-state index contributed by atoms with van der Waals surface area (Å²) in [5.74, 6) is -0.137. The van der Waals surface area contributed by atoms with Gasteiger partial charge in [0.05, 0.1) is 18.0 Å². The molecule has 0 aromatic carbocycles. The van der Waals surface area contributed by atoms with Crippen LogP contribution in [0.3, 0.4) is 0 Å². The van der Waals surface area contributed by atoms with Gasteiger partial charge >= 0.3 is 11.7 Å². The summed E-state index contributed by atoms with van der Waals surface area (Å²) in [7, 11) is 1.75. The van der Waals surface area contributed by atoms with Gasteiger partial charge in [-0.3, -0.25) is 13.9 Å². The Morgan fingerprint density at radius 3 is 2.71 bits per heavy atom. The molecule has 2 aromatic heterocycles. The first-order valence-corrected chi connectivity index (χ1v) is 8.45. The number of pyridine rings is 1. The topological polar surface area (TPSA) is 66.1 Å². The smallest absolute Gasteiger partial charge is 0.330 e. The summed E-state index contributed by atoms with van der Waals surface area (Å²) in [4.78, 5) is 29.0. The molecule has 1 aliphatic rings. The highest BCUT2D eigenvalue weighted by Gasteiger charge is 2.46. The Bertz CT molecular complexity index is 842. The van der Waals surface area contributed by atoms with Gasteiger partial charge in [0.1, 0.15) is 0 Å². The number of nitrogens with zero attached hydrogens (tertiary/aromatic N) is 3. The van der Waals surface area contributed by atoms with Gasteiger partial charge in [0, 0.05) is 25.2 Å². The molecule has 2 atom stereocenters. The second-order valence-electron chi connectivity index (χ2n) is 7.77. The monoisotopic (exact) mass is 331 g/mol. The third-order valence-corrected chi connectivity index (χ3v) is 4.39. The molecule has 24 heavy (non-hydrogen) atoms. The van der Waals surface area contributed by atoms with Crippen molar-refractivity contribution >= 4 is 17.1 Å². The zero-order valence-electron chi connectivity index (χ0n) is 15.0. The highest BCUT2D eigenvalue weighted by Crippen LogP contribution is 2.47. The maximum absolute atomic E-state index is 12.5. The van der Waals surface area contributed by atoms with Gasteiger partial charge in [-0.1, -0.05) is 20.8 Å². The maximum atomic E-state index is 12.5. The van der Waals surface area contributed by atoms with Crippen molar-refractivity contribution in [1.82, 2.24) is 14.1 Å². The molecule has 0 amide bonds. The standard InChI is InChI=1S/C18H25N3O3/c1-6-24-16(22)12-9-11(12)13-7-8-14-15(19-13)20(5)17(23)21(14)10-18(2,3)4/h7-8,11-12H,6,9-10H2,1-5H3/t11-,12-/m1/s1. The van der Waals surface area contributed by atoms with Crippen LogP contribution in [0.1, 0.15) is 45.7 Å². The van der Waals surface area contributed by atoms with Crippen LogP contribution in [0.2, 0.25) is 0 Å². The van der Waals surface area contributed by atoms with E-state index in [0.717, 1.165) is 17.6 Å². The molecule has 0 saturated heterocycles. The molecule has 0 unspecified atom stereocenters. The van der Waals surface area contributed by atoms with Gasteiger partial charge in [0.25, 0.3) is 0 Å². The first-order valence-electron chi connectivity index (χ1n) is 8.45. The van der Waals surface area contributed by atoms with Crippen molar-refractivity contribution in [1.29, 1.82) is 0 Å². The Labute approximate surface area is 141 Å². The van der Waals surface area contributed by atoms with Crippen molar-refractivity contribution in [2.75, 3.05) is 6.61 Å². The van der Waals surface area contributed by atoms with Gasteiger partial charge in [-0.15, -0.1) is 0 Å². The minimum absolute atomic E-state index is 0.00226. The molecule has 2 heterocycles. The molecule has 0 aliphatic heterocycles. The second-order valence-corrected chi connectivity index (χ2v) is 7.77. The summed E-state index contributed by atoms with van der Waals surface area (Å²) in [5.41, 5.74) is 2.33. The van der Waals surface area contributed by atoms with Crippen molar-refractivity contribution in [2.45, 2.75) is 46.6 Å². The number of hydrogen-bond donors (Lipinski definition) is 0. The van der Waals surface area contributed by atoms with E-state index in [1.807, 2.05) is 19.1 Å². The number of ether oxygens (including phenoxy) is 1. The van der Waals surface area contributed by atoms with E-state index in [2.05, 4.69) is 25.8 Å². The summed E-state index contributed by atoms with van der Waals surface area (Å²) in [5, 5.41) is 0. The van der Waals surface area contributed by atoms with E-state index in [4.69, 9.17) is 4.74 Å². The summed E-state index contributed by atoms with van der Waals surface area (Å²) >= 11 is 0. The lowest BCUT2D eigenvalue weighted by atomic mass is 9.97. The van der Waals surface area contributed by atoms with Crippen LogP contribution in [0.5, 0.6) is 0 Å². The minimum Gasteiger partial charge on any atom is -0.466 e. The average Bonchev–Trinajstić information content (AvgIpc) is 3.27. The fraction of sp³-hybridized carbons (Fsp3) is 0.611. The van der Waals surface area contributed by atoms with Crippen LogP contribution >= 0.6 is 0 Å². The van der Waals surface area contributed by atoms with Gasteiger partial charge in [-0.05, 0) is 30.9 Å². The lowest BCUT2D eigenvalue weighted by molar-refractivity contribution is -0.144. The van der Waals surface area contributed by atoms with Crippen LogP contribution in [-0.4, -0.2) is 26.7 Å². The zero-order valence-corrected chi connectivity index (χ0v) is 15.0. The Balaban J connectivity index is 1.95. The Kier molecular flexibility index (Phi) is 4.01. The van der Waals surface area contributed by atoms with Gasteiger partial charge in [-0.2, -0.15) is 0 Å². The van der Waals surface area contributed by atoms with Gasteiger partial charge < -0.3 is 4.74 Å². The number of carbonyl (C=O) groups is 1. The summed E-state index contributed by atoms with van der Waals surface area (Å²) in [6, 6.07) is 3.89. The van der Waals surface area contributed by atoms with E-state index in [9.17, 15) is 9.59 Å². The van der Waals surface area contributed by atoms with Crippen molar-refractivity contribution < 1.29 is 9.53 Å². The van der Waals surface area contributed by atoms with Crippen LogP contribution < -0.4 is 5.69 Å². The number of fused-ring (bicyclic) bond motifs is 1. The van der Waals surface area contributed by atoms with Crippen molar-refractivity contribution in [3.63, 3.8) is 0 Å². The van der Waals surface area contributed by atoms with Gasteiger partial charge in [0.15, 0.2) is 5.65 Å². The van der Waals surface area contributed by atoms with Crippen molar-refractivity contribution in [3.05, 3.63) is 28.3 Å². The first kappa shape index (κ1) is 16.7. The number of esters is 1. The Morgan fingerprint density at radius 1 is 1.38 bits per heavy atom. The average molecular weight is 331 g/mol. The molecule has 6 nitrogen and oxygen atoms in total. The third-order valence-electron chi connectivity index (χ3n) is 4.39. The molecular weight excluding hydrogens is 306 g/mol. The van der Waals surface area contributed by atoms with E-state index in [1.54, 1.807) is 16.2 Å². The molecule has 1 saturated carbocycles. The van der Waals surface area contributed by atoms with E-state index >= 15 is 0 Å². The normalized spacial score (nSPS) is 20.4. The lowest BCUT2D eigenvalue weighted by Gasteiger charge is -2.18. The fourth-order valence-corrected chi connectivity index (χ4v) is 3.15. The molecule has 130 valence electrons. The fourth-order valence-electron chi connectivity index (χ4n) is 3.15. The maximum Gasteiger partial charge on any atom is 0.330 e. The van der Waals surface area contributed by atoms with Crippen LogP contribution in [0.25, 0.3) is 11.2 Å². The highest BCUT2D eigenvalue weighted by atomic mass is 16.5. The Hall–Kier alpha value is -2.11. The van der Waals surface area contributed by atoms with Crippen LogP contribution in [0.15, 0.2) is 16.9 Å². The number of imidazole rings is 1. The van der Waals surface area contributed by atoms with E-state index in [0.29, 0.717) is 18.8 Å². The molecule has 0 bridgehead atoms. The molecular formula is C18H25N3O3. The minimum atomic E-state index is -0.149. The van der Waals surface area contributed by atoms with Crippen LogP contribution in [-0.2, 0) is 23.1 Å².